The molecule has 1 aliphatic rings. The second kappa shape index (κ2) is 3.46. The lowest BCUT2D eigenvalue weighted by atomic mass is 10.0. The molecule has 1 aromatic rings. The second-order valence-electron chi connectivity index (χ2n) is 3.81. The normalized spacial score (nSPS) is 17.7. The molecule has 0 bridgehead atoms. The van der Waals surface area contributed by atoms with Gasteiger partial charge in [0.1, 0.15) is 0 Å². The largest absolute Gasteiger partial charge is 0.416 e. The van der Waals surface area contributed by atoms with Crippen molar-refractivity contribution in [3.63, 3.8) is 0 Å². The summed E-state index contributed by atoms with van der Waals surface area (Å²) in [4.78, 5) is 13.8. The first-order valence-electron chi connectivity index (χ1n) is 4.75. The van der Waals surface area contributed by atoms with Crippen molar-refractivity contribution in [3.8, 4) is 0 Å². The number of alkyl halides is 3. The molecule has 1 aliphatic carbocycles. The van der Waals surface area contributed by atoms with E-state index in [-0.39, 0.29) is 0 Å². The highest BCUT2D eigenvalue weighted by Crippen LogP contribution is 2.49. The van der Waals surface area contributed by atoms with Crippen LogP contribution >= 0.6 is 0 Å². The van der Waals surface area contributed by atoms with Gasteiger partial charge in [0.15, 0.2) is 0 Å². The smallest absolute Gasteiger partial charge is 0.211 e. The molecule has 1 aromatic carbocycles. The van der Waals surface area contributed by atoms with Gasteiger partial charge in [-0.1, -0.05) is 12.1 Å². The van der Waals surface area contributed by atoms with Crippen molar-refractivity contribution in [3.05, 3.63) is 35.4 Å². The Morgan fingerprint density at radius 3 is 2.50 bits per heavy atom. The Morgan fingerprint density at radius 2 is 2.00 bits per heavy atom. The summed E-state index contributed by atoms with van der Waals surface area (Å²) >= 11 is 0. The van der Waals surface area contributed by atoms with Crippen molar-refractivity contribution in [1.82, 2.24) is 0 Å². The lowest BCUT2D eigenvalue weighted by molar-refractivity contribution is -0.137. The number of carbonyl (C=O) groups excluding carboxylic acids is 1. The molecule has 0 atom stereocenters. The molecule has 0 heterocycles. The molecule has 0 radical (unpaired) electrons. The third-order valence-corrected chi connectivity index (χ3v) is 2.71. The Bertz CT molecular complexity index is 457. The molecule has 2 nitrogen and oxygen atoms in total. The summed E-state index contributed by atoms with van der Waals surface area (Å²) in [6.07, 6.45) is -1.74. The third-order valence-electron chi connectivity index (χ3n) is 2.71. The van der Waals surface area contributed by atoms with Crippen LogP contribution in [0.3, 0.4) is 0 Å². The fourth-order valence-electron chi connectivity index (χ4n) is 1.66. The first kappa shape index (κ1) is 10.9. The van der Waals surface area contributed by atoms with Crippen LogP contribution in [0.4, 0.5) is 13.2 Å². The van der Waals surface area contributed by atoms with Gasteiger partial charge in [-0.2, -0.15) is 18.2 Å². The van der Waals surface area contributed by atoms with Gasteiger partial charge in [0.25, 0.3) is 0 Å². The minimum atomic E-state index is -4.36. The zero-order valence-corrected chi connectivity index (χ0v) is 8.21. The van der Waals surface area contributed by atoms with Gasteiger partial charge in [-0.25, -0.2) is 4.79 Å². The summed E-state index contributed by atoms with van der Waals surface area (Å²) in [6.45, 7) is 0. The Kier molecular flexibility index (Phi) is 2.35. The van der Waals surface area contributed by atoms with E-state index in [4.69, 9.17) is 0 Å². The van der Waals surface area contributed by atoms with Crippen LogP contribution < -0.4 is 0 Å². The van der Waals surface area contributed by atoms with Crippen molar-refractivity contribution in [2.75, 3.05) is 0 Å². The van der Waals surface area contributed by atoms with Crippen molar-refractivity contribution in [1.29, 1.82) is 0 Å². The van der Waals surface area contributed by atoms with Crippen molar-refractivity contribution < 1.29 is 18.0 Å². The summed E-state index contributed by atoms with van der Waals surface area (Å²) in [6, 6.07) is 4.94. The predicted molar refractivity (Wildman–Crippen MR) is 50.5 cm³/mol. The highest BCUT2D eigenvalue weighted by molar-refractivity contribution is 5.42. The average Bonchev–Trinajstić information content (AvgIpc) is 2.99. The molecule has 0 spiro atoms. The number of nitrogens with zero attached hydrogens (tertiary/aromatic N) is 1. The van der Waals surface area contributed by atoms with Gasteiger partial charge in [0.05, 0.1) is 11.1 Å². The van der Waals surface area contributed by atoms with Crippen LogP contribution in [0.25, 0.3) is 0 Å². The maximum Gasteiger partial charge on any atom is 0.416 e. The number of aliphatic imine (C=N–C) groups is 1. The number of rotatable bonds is 2. The molecule has 1 saturated carbocycles. The number of isocyanates is 1. The minimum Gasteiger partial charge on any atom is -0.211 e. The molecule has 16 heavy (non-hydrogen) atoms. The van der Waals surface area contributed by atoms with Gasteiger partial charge >= 0.3 is 6.18 Å². The molecule has 1 fully saturated rings. The Hall–Kier alpha value is -1.61. The third kappa shape index (κ3) is 1.86. The van der Waals surface area contributed by atoms with E-state index in [1.807, 2.05) is 0 Å². The number of hydrogen-bond acceptors (Lipinski definition) is 2. The number of benzene rings is 1. The maximum atomic E-state index is 12.5. The van der Waals surface area contributed by atoms with E-state index < -0.39 is 17.3 Å². The molecule has 0 amide bonds. The molecule has 0 aliphatic heterocycles. The second-order valence-corrected chi connectivity index (χ2v) is 3.81. The lowest BCUT2D eigenvalue weighted by Crippen LogP contribution is -2.08. The minimum absolute atomic E-state index is 0.436. The molecule has 5 heteroatoms. The van der Waals surface area contributed by atoms with Crippen LogP contribution in [0.5, 0.6) is 0 Å². The number of halogens is 3. The maximum absolute atomic E-state index is 12.5. The molecule has 84 valence electrons. The lowest BCUT2D eigenvalue weighted by Gasteiger charge is -2.11. The Morgan fingerprint density at radius 1 is 1.31 bits per heavy atom. The summed E-state index contributed by atoms with van der Waals surface area (Å²) in [5.74, 6) is 0. The summed E-state index contributed by atoms with van der Waals surface area (Å²) < 4.78 is 37.4. The Labute approximate surface area is 89.8 Å². The summed E-state index contributed by atoms with van der Waals surface area (Å²) in [7, 11) is 0. The van der Waals surface area contributed by atoms with E-state index in [0.717, 1.165) is 12.1 Å². The molecular formula is C11H8F3NO. The average molecular weight is 227 g/mol. The van der Waals surface area contributed by atoms with E-state index in [9.17, 15) is 18.0 Å². The predicted octanol–water partition coefficient (Wildman–Crippen LogP) is 3.03. The zero-order valence-electron chi connectivity index (χ0n) is 8.21. The standard InChI is InChI=1S/C11H8F3NO/c12-11(13,14)9-3-1-2-8(6-9)10(4-5-10)15-7-16/h1-3,6H,4-5H2. The molecule has 2 rings (SSSR count). The van der Waals surface area contributed by atoms with Gasteiger partial charge in [0.2, 0.25) is 6.08 Å². The van der Waals surface area contributed by atoms with E-state index in [1.165, 1.54) is 12.1 Å². The molecule has 0 unspecified atom stereocenters. The van der Waals surface area contributed by atoms with Crippen molar-refractivity contribution >= 4 is 6.08 Å². The molecular weight excluding hydrogens is 219 g/mol. The van der Waals surface area contributed by atoms with Crippen LogP contribution in [-0.4, -0.2) is 6.08 Å². The van der Waals surface area contributed by atoms with Gasteiger partial charge in [-0.15, -0.1) is 0 Å². The Balaban J connectivity index is 2.41. The SMILES string of the molecule is O=C=NC1(c2cccc(C(F)(F)F)c2)CC1. The fraction of sp³-hybridized carbons (Fsp3) is 0.364. The fourth-order valence-corrected chi connectivity index (χ4v) is 1.66. The van der Waals surface area contributed by atoms with Crippen LogP contribution in [0.2, 0.25) is 0 Å². The number of hydrogen-bond donors (Lipinski definition) is 0. The van der Waals surface area contributed by atoms with Crippen LogP contribution in [0.1, 0.15) is 24.0 Å². The van der Waals surface area contributed by atoms with Crippen molar-refractivity contribution in [2.24, 2.45) is 4.99 Å². The van der Waals surface area contributed by atoms with Gasteiger partial charge in [-0.3, -0.25) is 0 Å². The van der Waals surface area contributed by atoms with Gasteiger partial charge < -0.3 is 0 Å². The van der Waals surface area contributed by atoms with E-state index >= 15 is 0 Å². The van der Waals surface area contributed by atoms with E-state index in [0.29, 0.717) is 18.4 Å². The molecule has 0 saturated heterocycles. The van der Waals surface area contributed by atoms with E-state index in [2.05, 4.69) is 4.99 Å². The summed E-state index contributed by atoms with van der Waals surface area (Å²) in [5.41, 5.74) is -1.02. The van der Waals surface area contributed by atoms with Gasteiger partial charge in [-0.05, 0) is 30.5 Å². The topological polar surface area (TPSA) is 29.4 Å². The highest BCUT2D eigenvalue weighted by atomic mass is 19.4. The summed E-state index contributed by atoms with van der Waals surface area (Å²) in [5, 5.41) is 0. The van der Waals surface area contributed by atoms with Crippen molar-refractivity contribution in [2.45, 2.75) is 24.6 Å². The monoisotopic (exact) mass is 227 g/mol. The van der Waals surface area contributed by atoms with Crippen LogP contribution in [-0.2, 0) is 16.5 Å². The first-order valence-corrected chi connectivity index (χ1v) is 4.75. The zero-order chi connectivity index (χ0) is 11.8. The quantitative estimate of drug-likeness (QED) is 0.564. The molecule has 0 aromatic heterocycles. The molecule has 0 N–H and O–H groups in total. The van der Waals surface area contributed by atoms with Crippen LogP contribution in [0, 0.1) is 0 Å². The first-order chi connectivity index (χ1) is 7.48. The van der Waals surface area contributed by atoms with Gasteiger partial charge in [0, 0.05) is 0 Å². The van der Waals surface area contributed by atoms with Crippen LogP contribution in [0.15, 0.2) is 29.3 Å². The highest BCUT2D eigenvalue weighted by Gasteiger charge is 2.45. The van der Waals surface area contributed by atoms with E-state index in [1.54, 1.807) is 6.07 Å².